The van der Waals surface area contributed by atoms with Crippen LogP contribution in [0.25, 0.3) is 10.9 Å². The quantitative estimate of drug-likeness (QED) is 0.279. The Morgan fingerprint density at radius 3 is 2.73 bits per heavy atom. The van der Waals surface area contributed by atoms with Crippen LogP contribution in [0.15, 0.2) is 54.5 Å². The van der Waals surface area contributed by atoms with Gasteiger partial charge >= 0.3 is 0 Å². The molecule has 1 saturated heterocycles. The van der Waals surface area contributed by atoms with Crippen LogP contribution in [0.2, 0.25) is 10.0 Å². The van der Waals surface area contributed by atoms with E-state index in [4.69, 9.17) is 35.8 Å². The van der Waals surface area contributed by atoms with Crippen molar-refractivity contribution in [1.82, 2.24) is 21.0 Å². The van der Waals surface area contributed by atoms with Gasteiger partial charge in [-0.05, 0) is 43.0 Å². The van der Waals surface area contributed by atoms with Crippen molar-refractivity contribution in [3.05, 3.63) is 75.7 Å². The number of nitrogens with zero attached hydrogens (tertiary/aromatic N) is 3. The minimum atomic E-state index is -1.23. The summed E-state index contributed by atoms with van der Waals surface area (Å²) in [6.45, 7) is 5.60. The molecule has 3 aromatic rings. The van der Waals surface area contributed by atoms with Crippen LogP contribution in [0, 0.1) is 16.7 Å². The summed E-state index contributed by atoms with van der Waals surface area (Å²) < 4.78 is 5.72. The lowest BCUT2D eigenvalue weighted by atomic mass is 9.69. The summed E-state index contributed by atoms with van der Waals surface area (Å²) >= 11 is 13.5. The molecule has 2 fully saturated rings. The van der Waals surface area contributed by atoms with Crippen molar-refractivity contribution in [2.24, 2.45) is 5.41 Å². The van der Waals surface area contributed by atoms with Gasteiger partial charge in [0.1, 0.15) is 13.9 Å². The minimum Gasteiger partial charge on any atom is -0.381 e. The Hall–Kier alpha value is -3.16. The van der Waals surface area contributed by atoms with Gasteiger partial charge in [-0.3, -0.25) is 9.99 Å². The standard InChI is InChI=1S/C29H30BCl2N7O/c1-28(2)16-40-10-9-24(28)35-26-17(13-33)14-34-27-20(26)11-18(12-23(27)32)36-29(30,21-5-3-4-6-22(21)31)25-15-39(38-37-25)19-7-8-19/h3-6,11-12,14-15,19,24,36-38H,7-10,16H2,1-2H3,(H,34,35). The molecule has 0 bridgehead atoms. The molecule has 2 radical (unpaired) electrons. The number of rotatable bonds is 7. The first-order valence-corrected chi connectivity index (χ1v) is 14.2. The Kier molecular flexibility index (Phi) is 7.00. The maximum atomic E-state index is 9.99. The Labute approximate surface area is 245 Å². The number of nitriles is 1. The third kappa shape index (κ3) is 4.94. The molecule has 4 N–H and O–H groups in total. The van der Waals surface area contributed by atoms with Crippen LogP contribution >= 0.6 is 23.2 Å². The number of benzene rings is 2. The summed E-state index contributed by atoms with van der Waals surface area (Å²) in [6, 6.07) is 14.0. The minimum absolute atomic E-state index is 0.0957. The molecule has 2 aliphatic heterocycles. The highest BCUT2D eigenvalue weighted by molar-refractivity contribution is 6.36. The summed E-state index contributed by atoms with van der Waals surface area (Å²) in [4.78, 5) is 4.53. The average Bonchev–Trinajstić information content (AvgIpc) is 3.65. The van der Waals surface area contributed by atoms with Gasteiger partial charge < -0.3 is 20.8 Å². The number of hydrogen-bond acceptors (Lipinski definition) is 8. The summed E-state index contributed by atoms with van der Waals surface area (Å²) in [7, 11) is 7.18. The first-order chi connectivity index (χ1) is 19.2. The van der Waals surface area contributed by atoms with Crippen LogP contribution in [-0.2, 0) is 10.2 Å². The number of fused-ring (bicyclic) bond motifs is 1. The van der Waals surface area contributed by atoms with E-state index in [1.165, 1.54) is 0 Å². The molecular weight excluding hydrogens is 544 g/mol. The maximum Gasteiger partial charge on any atom is 0.119 e. The van der Waals surface area contributed by atoms with Gasteiger partial charge in [0, 0.05) is 52.6 Å². The van der Waals surface area contributed by atoms with Gasteiger partial charge in [0.15, 0.2) is 0 Å². The first kappa shape index (κ1) is 27.0. The lowest BCUT2D eigenvalue weighted by Gasteiger charge is -2.39. The summed E-state index contributed by atoms with van der Waals surface area (Å²) in [5.41, 5.74) is 8.86. The predicted octanol–water partition coefficient (Wildman–Crippen LogP) is 5.40. The molecule has 0 amide bonds. The molecule has 2 atom stereocenters. The summed E-state index contributed by atoms with van der Waals surface area (Å²) in [5, 5.41) is 20.9. The molecule has 3 heterocycles. The number of ether oxygens (including phenoxy) is 1. The van der Waals surface area contributed by atoms with E-state index in [1.807, 2.05) is 41.5 Å². The Bertz CT molecular complexity index is 1540. The lowest BCUT2D eigenvalue weighted by molar-refractivity contribution is 0.00350. The van der Waals surface area contributed by atoms with Gasteiger partial charge in [-0.1, -0.05) is 55.2 Å². The number of hydrazine groups is 2. The zero-order chi connectivity index (χ0) is 28.1. The number of nitrogens with one attached hydrogen (secondary N) is 4. The smallest absolute Gasteiger partial charge is 0.119 e. The van der Waals surface area contributed by atoms with Crippen LogP contribution in [0.1, 0.15) is 44.2 Å². The number of halogens is 2. The molecule has 204 valence electrons. The van der Waals surface area contributed by atoms with E-state index >= 15 is 0 Å². The molecule has 1 aliphatic carbocycles. The highest BCUT2D eigenvalue weighted by Crippen LogP contribution is 2.41. The third-order valence-corrected chi connectivity index (χ3v) is 8.54. The molecule has 6 rings (SSSR count). The van der Waals surface area contributed by atoms with Crippen molar-refractivity contribution in [2.45, 2.75) is 50.6 Å². The Morgan fingerprint density at radius 2 is 2.00 bits per heavy atom. The second-order valence-corrected chi connectivity index (χ2v) is 12.2. The van der Waals surface area contributed by atoms with E-state index in [0.717, 1.165) is 24.6 Å². The monoisotopic (exact) mass is 573 g/mol. The molecule has 2 aromatic carbocycles. The largest absolute Gasteiger partial charge is 0.381 e. The zero-order valence-electron chi connectivity index (χ0n) is 22.4. The number of pyridine rings is 1. The van der Waals surface area contributed by atoms with Crippen LogP contribution in [0.5, 0.6) is 0 Å². The third-order valence-electron chi connectivity index (χ3n) is 7.93. The van der Waals surface area contributed by atoms with E-state index in [1.54, 1.807) is 12.3 Å². The number of anilines is 2. The second kappa shape index (κ2) is 10.4. The molecule has 0 spiro atoms. The number of aromatic nitrogens is 1. The van der Waals surface area contributed by atoms with Gasteiger partial charge in [-0.25, -0.2) is 0 Å². The molecule has 1 saturated carbocycles. The molecule has 11 heteroatoms. The molecule has 3 aliphatic rings. The van der Waals surface area contributed by atoms with E-state index in [9.17, 15) is 5.26 Å². The fraction of sp³-hybridized carbons (Fsp3) is 0.379. The maximum absolute atomic E-state index is 9.99. The second-order valence-electron chi connectivity index (χ2n) is 11.4. The molecule has 2 unspecified atom stereocenters. The van der Waals surface area contributed by atoms with Crippen molar-refractivity contribution in [3.8, 4) is 6.07 Å². The predicted molar refractivity (Wildman–Crippen MR) is 160 cm³/mol. The van der Waals surface area contributed by atoms with Crippen molar-refractivity contribution >= 4 is 53.3 Å². The van der Waals surface area contributed by atoms with Crippen LogP contribution in [0.3, 0.4) is 0 Å². The van der Waals surface area contributed by atoms with Gasteiger partial charge in [-0.15, -0.1) is 5.53 Å². The fourth-order valence-electron chi connectivity index (χ4n) is 5.41. The molecular formula is C29H30BCl2N7O. The van der Waals surface area contributed by atoms with Crippen molar-refractivity contribution in [3.63, 3.8) is 0 Å². The normalized spacial score (nSPS) is 21.7. The highest BCUT2D eigenvalue weighted by atomic mass is 35.5. The van der Waals surface area contributed by atoms with Gasteiger partial charge in [0.05, 0.1) is 39.5 Å². The SMILES string of the molecule is [B]C(Nc1cc(Cl)c2ncc(C#N)c(NC3CCOCC3(C)C)c2c1)(C1=CN(C2CC2)NN1)c1ccccc1Cl. The van der Waals surface area contributed by atoms with E-state index in [0.29, 0.717) is 63.0 Å². The van der Waals surface area contributed by atoms with Crippen molar-refractivity contribution < 1.29 is 4.74 Å². The Morgan fingerprint density at radius 1 is 1.20 bits per heavy atom. The fourth-order valence-corrected chi connectivity index (χ4v) is 5.96. The van der Waals surface area contributed by atoms with Gasteiger partial charge in [-0.2, -0.15) is 5.26 Å². The molecule has 40 heavy (non-hydrogen) atoms. The first-order valence-electron chi connectivity index (χ1n) is 13.4. The van der Waals surface area contributed by atoms with Crippen molar-refractivity contribution in [1.29, 1.82) is 5.26 Å². The average molecular weight is 574 g/mol. The van der Waals surface area contributed by atoms with Crippen molar-refractivity contribution in [2.75, 3.05) is 23.8 Å². The van der Waals surface area contributed by atoms with Gasteiger partial charge in [0.25, 0.3) is 0 Å². The summed E-state index contributed by atoms with van der Waals surface area (Å²) in [6.07, 6.45) is 6.59. The van der Waals surface area contributed by atoms with Gasteiger partial charge in [0.2, 0.25) is 0 Å². The zero-order valence-corrected chi connectivity index (χ0v) is 23.9. The van der Waals surface area contributed by atoms with E-state index in [-0.39, 0.29) is 11.5 Å². The number of hydrogen-bond donors (Lipinski definition) is 4. The van der Waals surface area contributed by atoms with E-state index in [2.05, 4.69) is 46.5 Å². The van der Waals surface area contributed by atoms with E-state index < -0.39 is 5.44 Å². The van der Waals surface area contributed by atoms with Crippen LogP contribution in [-0.4, -0.2) is 43.1 Å². The Balaban J connectivity index is 1.45. The highest BCUT2D eigenvalue weighted by Gasteiger charge is 2.39. The topological polar surface area (TPSA) is 97.3 Å². The molecule has 1 aromatic heterocycles. The molecule has 8 nitrogen and oxygen atoms in total. The lowest BCUT2D eigenvalue weighted by Crippen LogP contribution is -2.45. The summed E-state index contributed by atoms with van der Waals surface area (Å²) in [5.74, 6) is 0. The van der Waals surface area contributed by atoms with Crippen LogP contribution < -0.4 is 21.6 Å². The van der Waals surface area contributed by atoms with Crippen LogP contribution in [0.4, 0.5) is 11.4 Å².